The van der Waals surface area contributed by atoms with Crippen molar-refractivity contribution in [3.05, 3.63) is 35.4 Å². The van der Waals surface area contributed by atoms with Crippen LogP contribution in [0.5, 0.6) is 0 Å². The van der Waals surface area contributed by atoms with Crippen molar-refractivity contribution in [3.63, 3.8) is 0 Å². The molecule has 1 aromatic carbocycles. The second-order valence-corrected chi connectivity index (χ2v) is 4.28. The number of aliphatic imine (C=N–C) groups is 1. The highest BCUT2D eigenvalue weighted by molar-refractivity contribution is 5.89. The number of esters is 1. The van der Waals surface area contributed by atoms with Crippen molar-refractivity contribution in [3.8, 4) is 0 Å². The van der Waals surface area contributed by atoms with Crippen LogP contribution in [0.3, 0.4) is 0 Å². The summed E-state index contributed by atoms with van der Waals surface area (Å²) < 4.78 is 4.69. The molecular weight excluding hydrogens is 230 g/mol. The van der Waals surface area contributed by atoms with Crippen molar-refractivity contribution < 1.29 is 9.53 Å². The summed E-state index contributed by atoms with van der Waals surface area (Å²) in [6.45, 7) is 3.50. The molecule has 96 valence electrons. The van der Waals surface area contributed by atoms with Gasteiger partial charge in [0.1, 0.15) is 0 Å². The summed E-state index contributed by atoms with van der Waals surface area (Å²) in [4.78, 5) is 15.7. The molecule has 5 nitrogen and oxygen atoms in total. The quantitative estimate of drug-likeness (QED) is 0.779. The zero-order chi connectivity index (χ0) is 13.0. The van der Waals surface area contributed by atoms with Crippen LogP contribution in [-0.4, -0.2) is 31.6 Å². The molecule has 1 atom stereocenters. The van der Waals surface area contributed by atoms with E-state index in [2.05, 4.69) is 27.3 Å². The van der Waals surface area contributed by atoms with Crippen LogP contribution in [0, 0.1) is 0 Å². The largest absolute Gasteiger partial charge is 0.465 e. The number of methoxy groups -OCH3 is 1. The van der Waals surface area contributed by atoms with E-state index in [0.29, 0.717) is 18.2 Å². The molecule has 2 N–H and O–H groups in total. The molecule has 0 saturated heterocycles. The van der Waals surface area contributed by atoms with Crippen LogP contribution in [-0.2, 0) is 11.3 Å². The summed E-state index contributed by atoms with van der Waals surface area (Å²) in [7, 11) is 1.38. The van der Waals surface area contributed by atoms with Gasteiger partial charge in [-0.05, 0) is 24.6 Å². The number of benzene rings is 1. The molecule has 1 aliphatic heterocycles. The molecule has 0 saturated carbocycles. The molecule has 0 radical (unpaired) electrons. The third-order valence-electron chi connectivity index (χ3n) is 2.71. The summed E-state index contributed by atoms with van der Waals surface area (Å²) in [6.07, 6.45) is 0. The molecule has 1 unspecified atom stereocenters. The van der Waals surface area contributed by atoms with Gasteiger partial charge < -0.3 is 15.4 Å². The lowest BCUT2D eigenvalue weighted by Gasteiger charge is -2.09. The second kappa shape index (κ2) is 5.53. The molecule has 0 amide bonds. The number of nitrogens with one attached hydrogen (secondary N) is 2. The maximum absolute atomic E-state index is 11.4. The van der Waals surface area contributed by atoms with E-state index in [1.807, 2.05) is 18.2 Å². The highest BCUT2D eigenvalue weighted by Crippen LogP contribution is 2.06. The highest BCUT2D eigenvalue weighted by Gasteiger charge is 2.12. The minimum absolute atomic E-state index is 0.318. The van der Waals surface area contributed by atoms with E-state index >= 15 is 0 Å². The summed E-state index contributed by atoms with van der Waals surface area (Å²) >= 11 is 0. The predicted octanol–water partition coefficient (Wildman–Crippen LogP) is 0.910. The lowest BCUT2D eigenvalue weighted by atomic mass is 10.1. The van der Waals surface area contributed by atoms with E-state index in [1.54, 1.807) is 6.07 Å². The Kier molecular flexibility index (Phi) is 3.82. The van der Waals surface area contributed by atoms with Crippen LogP contribution in [0.2, 0.25) is 0 Å². The molecule has 0 fully saturated rings. The summed E-state index contributed by atoms with van der Waals surface area (Å²) in [5.74, 6) is 0.493. The topological polar surface area (TPSA) is 62.7 Å². The lowest BCUT2D eigenvalue weighted by Crippen LogP contribution is -2.37. The monoisotopic (exact) mass is 247 g/mol. The average molecular weight is 247 g/mol. The number of hydrogen-bond donors (Lipinski definition) is 2. The molecule has 18 heavy (non-hydrogen) atoms. The molecule has 1 aromatic rings. The number of hydrogen-bond acceptors (Lipinski definition) is 5. The van der Waals surface area contributed by atoms with Crippen LogP contribution in [0.25, 0.3) is 0 Å². The van der Waals surface area contributed by atoms with Gasteiger partial charge in [0.2, 0.25) is 0 Å². The van der Waals surface area contributed by atoms with Crippen molar-refractivity contribution >= 4 is 11.9 Å². The van der Waals surface area contributed by atoms with Gasteiger partial charge in [-0.25, -0.2) is 4.79 Å². The van der Waals surface area contributed by atoms with Gasteiger partial charge in [0.15, 0.2) is 5.96 Å². The van der Waals surface area contributed by atoms with Crippen LogP contribution in [0.4, 0.5) is 0 Å². The molecule has 1 aliphatic rings. The van der Waals surface area contributed by atoms with Crippen LogP contribution in [0.15, 0.2) is 29.3 Å². The van der Waals surface area contributed by atoms with E-state index in [1.165, 1.54) is 7.11 Å². The van der Waals surface area contributed by atoms with Gasteiger partial charge in [-0.3, -0.25) is 4.99 Å². The van der Waals surface area contributed by atoms with E-state index in [0.717, 1.165) is 18.1 Å². The van der Waals surface area contributed by atoms with Crippen molar-refractivity contribution in [1.82, 2.24) is 10.6 Å². The third-order valence-corrected chi connectivity index (χ3v) is 2.71. The number of nitrogens with zero attached hydrogens (tertiary/aromatic N) is 1. The fraction of sp³-hybridized carbons (Fsp3) is 0.385. The van der Waals surface area contributed by atoms with Crippen molar-refractivity contribution in [2.45, 2.75) is 19.5 Å². The molecule has 1 heterocycles. The summed E-state index contributed by atoms with van der Waals surface area (Å²) in [5, 5.41) is 6.42. The number of rotatable bonds is 3. The average Bonchev–Trinajstić information content (AvgIpc) is 2.81. The first kappa shape index (κ1) is 12.4. The first-order chi connectivity index (χ1) is 8.69. The van der Waals surface area contributed by atoms with Crippen molar-refractivity contribution in [1.29, 1.82) is 0 Å². The Morgan fingerprint density at radius 3 is 3.11 bits per heavy atom. The molecule has 2 rings (SSSR count). The van der Waals surface area contributed by atoms with Crippen molar-refractivity contribution in [2.75, 3.05) is 13.7 Å². The molecule has 5 heteroatoms. The molecular formula is C13H17N3O2. The van der Waals surface area contributed by atoms with Crippen LogP contribution < -0.4 is 10.6 Å². The smallest absolute Gasteiger partial charge is 0.337 e. The fourth-order valence-corrected chi connectivity index (χ4v) is 1.77. The van der Waals surface area contributed by atoms with Gasteiger partial charge in [0, 0.05) is 12.6 Å². The van der Waals surface area contributed by atoms with E-state index in [4.69, 9.17) is 0 Å². The van der Waals surface area contributed by atoms with Gasteiger partial charge in [0.05, 0.1) is 19.2 Å². The predicted molar refractivity (Wildman–Crippen MR) is 69.5 cm³/mol. The third kappa shape index (κ3) is 3.00. The SMILES string of the molecule is COC(=O)c1cccc(CNC2=NCC(C)N2)c1. The Balaban J connectivity index is 1.95. The number of guanidine groups is 1. The maximum atomic E-state index is 11.4. The minimum atomic E-state index is -0.318. The Labute approximate surface area is 106 Å². The van der Waals surface area contributed by atoms with Gasteiger partial charge in [-0.2, -0.15) is 0 Å². The number of carbonyl (C=O) groups excluding carboxylic acids is 1. The van der Waals surface area contributed by atoms with E-state index < -0.39 is 0 Å². The Hall–Kier alpha value is -2.04. The highest BCUT2D eigenvalue weighted by atomic mass is 16.5. The molecule has 0 aliphatic carbocycles. The van der Waals surface area contributed by atoms with E-state index in [-0.39, 0.29) is 5.97 Å². The van der Waals surface area contributed by atoms with E-state index in [9.17, 15) is 4.79 Å². The van der Waals surface area contributed by atoms with Crippen molar-refractivity contribution in [2.24, 2.45) is 4.99 Å². The zero-order valence-electron chi connectivity index (χ0n) is 10.6. The number of carbonyl (C=O) groups is 1. The van der Waals surface area contributed by atoms with Gasteiger partial charge in [-0.15, -0.1) is 0 Å². The Bertz CT molecular complexity index is 471. The molecule has 0 bridgehead atoms. The fourth-order valence-electron chi connectivity index (χ4n) is 1.77. The zero-order valence-corrected chi connectivity index (χ0v) is 10.6. The minimum Gasteiger partial charge on any atom is -0.465 e. The summed E-state index contributed by atoms with van der Waals surface area (Å²) in [5.41, 5.74) is 1.58. The standard InChI is InChI=1S/C13H17N3O2/c1-9-7-14-13(16-9)15-8-10-4-3-5-11(6-10)12(17)18-2/h3-6,9H,7-8H2,1-2H3,(H2,14,15,16). The second-order valence-electron chi connectivity index (χ2n) is 4.28. The van der Waals surface area contributed by atoms with Gasteiger partial charge in [-0.1, -0.05) is 12.1 Å². The molecule has 0 aromatic heterocycles. The number of ether oxygens (including phenoxy) is 1. The normalized spacial score (nSPS) is 17.9. The maximum Gasteiger partial charge on any atom is 0.337 e. The first-order valence-electron chi connectivity index (χ1n) is 5.91. The molecule has 0 spiro atoms. The Morgan fingerprint density at radius 2 is 2.44 bits per heavy atom. The van der Waals surface area contributed by atoms with Crippen LogP contribution >= 0.6 is 0 Å². The van der Waals surface area contributed by atoms with Gasteiger partial charge in [0.25, 0.3) is 0 Å². The van der Waals surface area contributed by atoms with Gasteiger partial charge >= 0.3 is 5.97 Å². The lowest BCUT2D eigenvalue weighted by molar-refractivity contribution is 0.0600. The summed E-state index contributed by atoms with van der Waals surface area (Å²) in [6, 6.07) is 7.74. The van der Waals surface area contributed by atoms with Crippen LogP contribution in [0.1, 0.15) is 22.8 Å². The Morgan fingerprint density at radius 1 is 1.61 bits per heavy atom. The first-order valence-corrected chi connectivity index (χ1v) is 5.91.